The molecule has 27 heavy (non-hydrogen) atoms. The van der Waals surface area contributed by atoms with Crippen LogP contribution in [0.5, 0.6) is 5.75 Å². The Kier molecular flexibility index (Phi) is 6.37. The summed E-state index contributed by atoms with van der Waals surface area (Å²) in [6.07, 6.45) is 5.18. The van der Waals surface area contributed by atoms with Crippen LogP contribution < -0.4 is 15.4 Å². The molecule has 0 spiro atoms. The molecule has 140 valence electrons. The highest BCUT2D eigenvalue weighted by molar-refractivity contribution is 5.90. The second kappa shape index (κ2) is 9.35. The molecule has 0 atom stereocenters. The third kappa shape index (κ3) is 5.29. The summed E-state index contributed by atoms with van der Waals surface area (Å²) >= 11 is 0. The van der Waals surface area contributed by atoms with Gasteiger partial charge in [-0.3, -0.25) is 0 Å². The number of pyridine rings is 1. The number of nitrogens with zero attached hydrogens (tertiary/aromatic N) is 3. The number of carbonyl (C=O) groups is 1. The monoisotopic (exact) mass is 367 g/mol. The number of rotatable bonds is 8. The fraction of sp³-hybridized carbons (Fsp3) is 0.211. The fourth-order valence-electron chi connectivity index (χ4n) is 2.38. The SMILES string of the molecule is COCCOc1ccccc1NC(=O)NCc1ccnc(-n2cccn2)c1. The van der Waals surface area contributed by atoms with Gasteiger partial charge in [-0.05, 0) is 35.9 Å². The third-order valence-electron chi connectivity index (χ3n) is 3.68. The van der Waals surface area contributed by atoms with E-state index < -0.39 is 0 Å². The molecule has 3 aromatic rings. The number of nitrogens with one attached hydrogen (secondary N) is 2. The molecule has 0 unspecified atom stereocenters. The molecule has 8 heteroatoms. The van der Waals surface area contributed by atoms with Crippen molar-refractivity contribution in [3.8, 4) is 11.6 Å². The molecular formula is C19H21N5O3. The van der Waals surface area contributed by atoms with Crippen LogP contribution in [0.2, 0.25) is 0 Å². The first-order valence-electron chi connectivity index (χ1n) is 8.47. The van der Waals surface area contributed by atoms with Gasteiger partial charge in [0, 0.05) is 32.2 Å². The Labute approximate surface area is 157 Å². The van der Waals surface area contributed by atoms with Crippen molar-refractivity contribution in [3.63, 3.8) is 0 Å². The molecule has 0 aliphatic heterocycles. The summed E-state index contributed by atoms with van der Waals surface area (Å²) in [6.45, 7) is 1.24. The summed E-state index contributed by atoms with van der Waals surface area (Å²) < 4.78 is 12.2. The van der Waals surface area contributed by atoms with Gasteiger partial charge in [0.15, 0.2) is 5.82 Å². The lowest BCUT2D eigenvalue weighted by atomic mass is 10.2. The molecule has 0 saturated heterocycles. The van der Waals surface area contributed by atoms with Gasteiger partial charge in [-0.1, -0.05) is 12.1 Å². The first-order chi connectivity index (χ1) is 13.3. The number of anilines is 1. The van der Waals surface area contributed by atoms with Crippen molar-refractivity contribution in [3.05, 3.63) is 66.6 Å². The van der Waals surface area contributed by atoms with E-state index in [0.717, 1.165) is 5.56 Å². The maximum Gasteiger partial charge on any atom is 0.319 e. The van der Waals surface area contributed by atoms with Crippen LogP contribution in [0.4, 0.5) is 10.5 Å². The van der Waals surface area contributed by atoms with Crippen LogP contribution in [-0.4, -0.2) is 41.1 Å². The minimum atomic E-state index is -0.324. The highest BCUT2D eigenvalue weighted by atomic mass is 16.5. The van der Waals surface area contributed by atoms with Gasteiger partial charge in [0.2, 0.25) is 0 Å². The molecule has 0 aliphatic carbocycles. The average molecular weight is 367 g/mol. The van der Waals surface area contributed by atoms with Gasteiger partial charge in [-0.2, -0.15) is 5.10 Å². The lowest BCUT2D eigenvalue weighted by molar-refractivity contribution is 0.146. The molecule has 1 aromatic carbocycles. The van der Waals surface area contributed by atoms with Crippen LogP contribution in [-0.2, 0) is 11.3 Å². The van der Waals surface area contributed by atoms with E-state index >= 15 is 0 Å². The Morgan fingerprint density at radius 3 is 2.85 bits per heavy atom. The molecule has 0 aliphatic rings. The Bertz CT molecular complexity index is 867. The minimum Gasteiger partial charge on any atom is -0.489 e. The molecule has 0 fully saturated rings. The first-order valence-corrected chi connectivity index (χ1v) is 8.47. The average Bonchev–Trinajstić information content (AvgIpc) is 3.23. The number of carbonyl (C=O) groups excluding carboxylic acids is 1. The number of aromatic nitrogens is 3. The van der Waals surface area contributed by atoms with Crippen LogP contribution in [0.25, 0.3) is 5.82 Å². The molecule has 2 N–H and O–H groups in total. The zero-order valence-electron chi connectivity index (χ0n) is 15.0. The number of ether oxygens (including phenoxy) is 2. The van der Waals surface area contributed by atoms with Crippen molar-refractivity contribution in [2.45, 2.75) is 6.54 Å². The molecular weight excluding hydrogens is 346 g/mol. The summed E-state index contributed by atoms with van der Waals surface area (Å²) in [5.74, 6) is 1.28. The lowest BCUT2D eigenvalue weighted by Crippen LogP contribution is -2.28. The van der Waals surface area contributed by atoms with E-state index in [9.17, 15) is 4.79 Å². The van der Waals surface area contributed by atoms with Gasteiger partial charge < -0.3 is 20.1 Å². The Hall–Kier alpha value is -3.39. The third-order valence-corrected chi connectivity index (χ3v) is 3.68. The molecule has 2 amide bonds. The van der Waals surface area contributed by atoms with Gasteiger partial charge in [-0.25, -0.2) is 14.5 Å². The van der Waals surface area contributed by atoms with Gasteiger partial charge in [0.1, 0.15) is 12.4 Å². The number of hydrogen-bond donors (Lipinski definition) is 2. The molecule has 2 aromatic heterocycles. The number of hydrogen-bond acceptors (Lipinski definition) is 5. The minimum absolute atomic E-state index is 0.324. The molecule has 3 rings (SSSR count). The summed E-state index contributed by atoms with van der Waals surface area (Å²) in [5, 5.41) is 9.78. The highest BCUT2D eigenvalue weighted by Crippen LogP contribution is 2.23. The number of benzene rings is 1. The van der Waals surface area contributed by atoms with Crippen LogP contribution >= 0.6 is 0 Å². The predicted octanol–water partition coefficient (Wildman–Crippen LogP) is 2.61. The van der Waals surface area contributed by atoms with E-state index in [1.807, 2.05) is 36.5 Å². The summed E-state index contributed by atoms with van der Waals surface area (Å²) in [4.78, 5) is 16.5. The highest BCUT2D eigenvalue weighted by Gasteiger charge is 2.08. The largest absolute Gasteiger partial charge is 0.489 e. The normalized spacial score (nSPS) is 10.4. The van der Waals surface area contributed by atoms with E-state index in [1.54, 1.807) is 36.3 Å². The second-order valence-electron chi connectivity index (χ2n) is 5.62. The van der Waals surface area contributed by atoms with Crippen LogP contribution in [0.3, 0.4) is 0 Å². The maximum atomic E-state index is 12.2. The van der Waals surface area contributed by atoms with Crippen molar-refractivity contribution < 1.29 is 14.3 Å². The van der Waals surface area contributed by atoms with E-state index in [4.69, 9.17) is 9.47 Å². The lowest BCUT2D eigenvalue weighted by Gasteiger charge is -2.13. The van der Waals surface area contributed by atoms with Crippen molar-refractivity contribution in [2.75, 3.05) is 25.6 Å². The fourth-order valence-corrected chi connectivity index (χ4v) is 2.38. The van der Waals surface area contributed by atoms with Gasteiger partial charge >= 0.3 is 6.03 Å². The number of amides is 2. The maximum absolute atomic E-state index is 12.2. The zero-order chi connectivity index (χ0) is 18.9. The number of methoxy groups -OCH3 is 1. The molecule has 2 heterocycles. The van der Waals surface area contributed by atoms with Gasteiger partial charge in [0.25, 0.3) is 0 Å². The molecule has 8 nitrogen and oxygen atoms in total. The number of urea groups is 1. The standard InChI is InChI=1S/C19H21N5O3/c1-26-11-12-27-17-6-3-2-5-16(17)23-19(25)21-14-15-7-9-20-18(13-15)24-10-4-8-22-24/h2-10,13H,11-12,14H2,1H3,(H2,21,23,25). The van der Waals surface area contributed by atoms with Crippen molar-refractivity contribution in [1.82, 2.24) is 20.1 Å². The van der Waals surface area contributed by atoms with E-state index in [2.05, 4.69) is 20.7 Å². The zero-order valence-corrected chi connectivity index (χ0v) is 15.0. The Morgan fingerprint density at radius 2 is 2.04 bits per heavy atom. The van der Waals surface area contributed by atoms with E-state index in [1.165, 1.54) is 0 Å². The van der Waals surface area contributed by atoms with Crippen molar-refractivity contribution in [1.29, 1.82) is 0 Å². The molecule has 0 bridgehead atoms. The van der Waals surface area contributed by atoms with Crippen molar-refractivity contribution in [2.24, 2.45) is 0 Å². The first kappa shape index (κ1) is 18.4. The topological polar surface area (TPSA) is 90.3 Å². The number of para-hydroxylation sites is 2. The summed E-state index contributed by atoms with van der Waals surface area (Å²) in [5.41, 5.74) is 1.51. The van der Waals surface area contributed by atoms with E-state index in [-0.39, 0.29) is 6.03 Å². The van der Waals surface area contributed by atoms with E-state index in [0.29, 0.717) is 37.0 Å². The molecule has 0 radical (unpaired) electrons. The van der Waals surface area contributed by atoms with Gasteiger partial charge in [0.05, 0.1) is 12.3 Å². The Morgan fingerprint density at radius 1 is 1.15 bits per heavy atom. The summed E-state index contributed by atoms with van der Waals surface area (Å²) in [7, 11) is 1.61. The molecule has 0 saturated carbocycles. The van der Waals surface area contributed by atoms with Crippen molar-refractivity contribution >= 4 is 11.7 Å². The van der Waals surface area contributed by atoms with Crippen LogP contribution in [0, 0.1) is 0 Å². The second-order valence-corrected chi connectivity index (χ2v) is 5.62. The predicted molar refractivity (Wildman–Crippen MR) is 101 cm³/mol. The smallest absolute Gasteiger partial charge is 0.319 e. The van der Waals surface area contributed by atoms with Crippen LogP contribution in [0.1, 0.15) is 5.56 Å². The van der Waals surface area contributed by atoms with Crippen LogP contribution in [0.15, 0.2) is 61.1 Å². The quantitative estimate of drug-likeness (QED) is 0.597. The summed E-state index contributed by atoms with van der Waals surface area (Å²) in [6, 6.07) is 12.5. The Balaban J connectivity index is 1.57. The van der Waals surface area contributed by atoms with Gasteiger partial charge in [-0.15, -0.1) is 0 Å².